The van der Waals surface area contributed by atoms with E-state index in [-0.39, 0.29) is 17.5 Å². The molecule has 1 atom stereocenters. The van der Waals surface area contributed by atoms with Gasteiger partial charge in [0, 0.05) is 6.42 Å². The molecule has 2 aliphatic rings. The van der Waals surface area contributed by atoms with Crippen molar-refractivity contribution < 1.29 is 9.53 Å². The van der Waals surface area contributed by atoms with E-state index < -0.39 is 0 Å². The molecule has 1 unspecified atom stereocenters. The standard InChI is InChI=1S/C14H17N5O2S/c20-13-14(1-3-15-4-2-14)5-9(21-13)6-16-11-10-12(18-7-17-11)22-8-19-10/h7-9,15H,1-6H2,(H,16,17,18). The third-order valence-corrected chi connectivity index (χ3v) is 5.25. The third-order valence-electron chi connectivity index (χ3n) is 4.52. The molecule has 0 radical (unpaired) electrons. The second-order valence-electron chi connectivity index (χ2n) is 5.87. The SMILES string of the molecule is O=C1OC(CNc2ncnc3scnc23)CC12CCNCC2. The number of hydrogen-bond acceptors (Lipinski definition) is 8. The molecule has 2 fully saturated rings. The molecule has 0 aromatic carbocycles. The Balaban J connectivity index is 1.44. The number of nitrogens with zero attached hydrogens (tertiary/aromatic N) is 3. The van der Waals surface area contributed by atoms with Crippen molar-refractivity contribution in [3.8, 4) is 0 Å². The first-order valence-corrected chi connectivity index (χ1v) is 8.35. The van der Waals surface area contributed by atoms with Crippen LogP contribution in [-0.4, -0.2) is 46.7 Å². The van der Waals surface area contributed by atoms with E-state index in [1.807, 2.05) is 0 Å². The van der Waals surface area contributed by atoms with Gasteiger partial charge in [-0.3, -0.25) is 4.79 Å². The first kappa shape index (κ1) is 13.8. The second-order valence-corrected chi connectivity index (χ2v) is 6.70. The highest BCUT2D eigenvalue weighted by Gasteiger charge is 2.49. The van der Waals surface area contributed by atoms with Crippen molar-refractivity contribution in [1.82, 2.24) is 20.3 Å². The van der Waals surface area contributed by atoms with E-state index >= 15 is 0 Å². The lowest BCUT2D eigenvalue weighted by Gasteiger charge is -2.29. The minimum absolute atomic E-state index is 0.0395. The van der Waals surface area contributed by atoms with Crippen molar-refractivity contribution in [1.29, 1.82) is 0 Å². The summed E-state index contributed by atoms with van der Waals surface area (Å²) in [6, 6.07) is 0. The summed E-state index contributed by atoms with van der Waals surface area (Å²) in [7, 11) is 0. The van der Waals surface area contributed by atoms with Crippen LogP contribution in [0.5, 0.6) is 0 Å². The number of aromatic nitrogens is 3. The Morgan fingerprint density at radius 1 is 1.36 bits per heavy atom. The summed E-state index contributed by atoms with van der Waals surface area (Å²) in [5.41, 5.74) is 2.25. The van der Waals surface area contributed by atoms with Crippen LogP contribution in [0.25, 0.3) is 10.3 Å². The topological polar surface area (TPSA) is 89.0 Å². The maximum atomic E-state index is 12.2. The van der Waals surface area contributed by atoms with Crippen LogP contribution < -0.4 is 10.6 Å². The van der Waals surface area contributed by atoms with Gasteiger partial charge in [-0.15, -0.1) is 11.3 Å². The van der Waals surface area contributed by atoms with E-state index in [0.717, 1.165) is 42.7 Å². The Bertz CT molecular complexity index is 697. The van der Waals surface area contributed by atoms with Crippen LogP contribution in [0.15, 0.2) is 11.8 Å². The van der Waals surface area contributed by atoms with Crippen molar-refractivity contribution in [3.05, 3.63) is 11.8 Å². The van der Waals surface area contributed by atoms with E-state index in [4.69, 9.17) is 4.74 Å². The first-order chi connectivity index (χ1) is 10.8. The number of rotatable bonds is 3. The quantitative estimate of drug-likeness (QED) is 0.821. The monoisotopic (exact) mass is 319 g/mol. The molecule has 22 heavy (non-hydrogen) atoms. The number of thiazole rings is 1. The van der Waals surface area contributed by atoms with Crippen LogP contribution in [0.3, 0.4) is 0 Å². The van der Waals surface area contributed by atoms with Gasteiger partial charge in [0.25, 0.3) is 0 Å². The lowest BCUT2D eigenvalue weighted by Crippen LogP contribution is -2.39. The molecule has 0 amide bonds. The normalized spacial score (nSPS) is 23.8. The molecule has 4 rings (SSSR count). The number of ether oxygens (including phenoxy) is 1. The van der Waals surface area contributed by atoms with Crippen LogP contribution in [0, 0.1) is 5.41 Å². The van der Waals surface area contributed by atoms with Gasteiger partial charge in [0.15, 0.2) is 5.82 Å². The maximum Gasteiger partial charge on any atom is 0.312 e. The number of carbonyl (C=O) groups excluding carboxylic acids is 1. The number of piperidine rings is 1. The molecule has 116 valence electrons. The smallest absolute Gasteiger partial charge is 0.312 e. The van der Waals surface area contributed by atoms with Gasteiger partial charge in [0.05, 0.1) is 17.5 Å². The fourth-order valence-electron chi connectivity index (χ4n) is 3.30. The molecule has 0 saturated carbocycles. The lowest BCUT2D eigenvalue weighted by molar-refractivity contribution is -0.149. The molecule has 8 heteroatoms. The van der Waals surface area contributed by atoms with E-state index in [0.29, 0.717) is 12.4 Å². The van der Waals surface area contributed by atoms with Crippen molar-refractivity contribution >= 4 is 33.5 Å². The van der Waals surface area contributed by atoms with Gasteiger partial charge in [-0.25, -0.2) is 15.0 Å². The molecule has 1 spiro atoms. The van der Waals surface area contributed by atoms with Gasteiger partial charge >= 0.3 is 5.97 Å². The summed E-state index contributed by atoms with van der Waals surface area (Å²) in [4.78, 5) is 25.8. The maximum absolute atomic E-state index is 12.2. The Labute approximate surface area is 131 Å². The minimum Gasteiger partial charge on any atom is -0.460 e. The summed E-state index contributed by atoms with van der Waals surface area (Å²) < 4.78 is 5.58. The van der Waals surface area contributed by atoms with Crippen LogP contribution in [0.1, 0.15) is 19.3 Å². The third kappa shape index (κ3) is 2.32. The summed E-state index contributed by atoms with van der Waals surface area (Å²) in [6.45, 7) is 2.34. The summed E-state index contributed by atoms with van der Waals surface area (Å²) in [5.74, 6) is 0.663. The Morgan fingerprint density at radius 2 is 2.23 bits per heavy atom. The number of esters is 1. The number of cyclic esters (lactones) is 1. The summed E-state index contributed by atoms with van der Waals surface area (Å²) >= 11 is 1.48. The second kappa shape index (κ2) is 5.44. The highest BCUT2D eigenvalue weighted by Crippen LogP contribution is 2.41. The number of anilines is 1. The van der Waals surface area contributed by atoms with E-state index in [9.17, 15) is 4.79 Å². The van der Waals surface area contributed by atoms with Gasteiger partial charge in [-0.2, -0.15) is 0 Å². The number of fused-ring (bicyclic) bond motifs is 1. The fourth-order valence-corrected chi connectivity index (χ4v) is 3.93. The molecule has 7 nitrogen and oxygen atoms in total. The first-order valence-electron chi connectivity index (χ1n) is 7.47. The predicted octanol–water partition coefficient (Wildman–Crippen LogP) is 1.18. The van der Waals surface area contributed by atoms with Gasteiger partial charge < -0.3 is 15.4 Å². The zero-order chi connectivity index (χ0) is 15.0. The highest BCUT2D eigenvalue weighted by atomic mass is 32.1. The molecule has 2 aliphatic heterocycles. The number of nitrogens with one attached hydrogen (secondary N) is 2. The van der Waals surface area contributed by atoms with Gasteiger partial charge in [-0.05, 0) is 25.9 Å². The van der Waals surface area contributed by atoms with Crippen LogP contribution >= 0.6 is 11.3 Å². The molecule has 2 aromatic rings. The molecule has 2 N–H and O–H groups in total. The van der Waals surface area contributed by atoms with Crippen LogP contribution in [-0.2, 0) is 9.53 Å². The molecule has 0 bridgehead atoms. The van der Waals surface area contributed by atoms with Crippen molar-refractivity contribution in [2.75, 3.05) is 25.0 Å². The molecule has 2 aromatic heterocycles. The van der Waals surface area contributed by atoms with Crippen molar-refractivity contribution in [2.24, 2.45) is 5.41 Å². The average Bonchev–Trinajstić information content (AvgIpc) is 3.12. The van der Waals surface area contributed by atoms with E-state index in [2.05, 4.69) is 25.6 Å². The summed E-state index contributed by atoms with van der Waals surface area (Å²) in [6.07, 6.45) is 3.94. The van der Waals surface area contributed by atoms with Crippen LogP contribution in [0.2, 0.25) is 0 Å². The minimum atomic E-state index is -0.279. The lowest BCUT2D eigenvalue weighted by atomic mass is 9.76. The largest absolute Gasteiger partial charge is 0.460 e. The molecule has 0 aliphatic carbocycles. The molecular formula is C14H17N5O2S. The average molecular weight is 319 g/mol. The fraction of sp³-hybridized carbons (Fsp3) is 0.571. The van der Waals surface area contributed by atoms with Gasteiger partial charge in [-0.1, -0.05) is 0 Å². The summed E-state index contributed by atoms with van der Waals surface area (Å²) in [5, 5.41) is 6.56. The van der Waals surface area contributed by atoms with E-state index in [1.54, 1.807) is 5.51 Å². The Hall–Kier alpha value is -1.80. The Kier molecular flexibility index (Phi) is 3.42. The Morgan fingerprint density at radius 3 is 3.09 bits per heavy atom. The molecular weight excluding hydrogens is 302 g/mol. The van der Waals surface area contributed by atoms with Crippen molar-refractivity contribution in [2.45, 2.75) is 25.4 Å². The van der Waals surface area contributed by atoms with Gasteiger partial charge in [0.1, 0.15) is 22.8 Å². The van der Waals surface area contributed by atoms with Crippen LogP contribution in [0.4, 0.5) is 5.82 Å². The molecule has 2 saturated heterocycles. The number of hydrogen-bond donors (Lipinski definition) is 2. The predicted molar refractivity (Wildman–Crippen MR) is 82.7 cm³/mol. The zero-order valence-electron chi connectivity index (χ0n) is 12.0. The van der Waals surface area contributed by atoms with Gasteiger partial charge in [0.2, 0.25) is 0 Å². The van der Waals surface area contributed by atoms with E-state index in [1.165, 1.54) is 17.7 Å². The number of carbonyl (C=O) groups is 1. The molecule has 4 heterocycles. The zero-order valence-corrected chi connectivity index (χ0v) is 12.9. The van der Waals surface area contributed by atoms with Crippen molar-refractivity contribution in [3.63, 3.8) is 0 Å². The highest BCUT2D eigenvalue weighted by molar-refractivity contribution is 7.16.